The Labute approximate surface area is 161 Å². The van der Waals surface area contributed by atoms with Gasteiger partial charge in [0.25, 0.3) is 0 Å². The first-order chi connectivity index (χ1) is 13.5. The highest BCUT2D eigenvalue weighted by Crippen LogP contribution is 2.64. The molecule has 1 heterocycles. The Morgan fingerprint density at radius 2 is 1.96 bits per heavy atom. The van der Waals surface area contributed by atoms with Crippen LogP contribution in [0.1, 0.15) is 53.5 Å². The first-order valence-electron chi connectivity index (χ1n) is 9.62. The van der Waals surface area contributed by atoms with Crippen LogP contribution in [-0.4, -0.2) is 6.21 Å². The number of nitriles is 1. The van der Waals surface area contributed by atoms with E-state index < -0.39 is 11.6 Å². The van der Waals surface area contributed by atoms with Crippen molar-refractivity contribution in [2.75, 3.05) is 11.1 Å². The molecule has 3 aliphatic rings. The molecule has 4 nitrogen and oxygen atoms in total. The van der Waals surface area contributed by atoms with E-state index >= 15 is 0 Å². The van der Waals surface area contributed by atoms with E-state index in [9.17, 15) is 14.0 Å². The van der Waals surface area contributed by atoms with Gasteiger partial charge in [-0.1, -0.05) is 6.07 Å². The first-order valence-corrected chi connectivity index (χ1v) is 9.62. The molecule has 1 aliphatic heterocycles. The predicted molar refractivity (Wildman–Crippen MR) is 103 cm³/mol. The average Bonchev–Trinajstić information content (AvgIpc) is 3.31. The van der Waals surface area contributed by atoms with Gasteiger partial charge in [-0.25, -0.2) is 8.78 Å². The molecule has 2 fully saturated rings. The summed E-state index contributed by atoms with van der Waals surface area (Å²) < 4.78 is 28.8. The van der Waals surface area contributed by atoms with Gasteiger partial charge in [-0.05, 0) is 72.3 Å². The SMILES string of the molecule is N#Cc1cc([C@@H]2Nc3c(F)cc(N)c(C=N)c3[C@H]3[C@@H]4CC[C@@H](C4)[C@H]32)ccc1F. The summed E-state index contributed by atoms with van der Waals surface area (Å²) in [7, 11) is 0. The zero-order valence-electron chi connectivity index (χ0n) is 15.2. The Bertz CT molecular complexity index is 1040. The summed E-state index contributed by atoms with van der Waals surface area (Å²) in [6.45, 7) is 0. The number of hydrogen-bond acceptors (Lipinski definition) is 4. The van der Waals surface area contributed by atoms with E-state index in [0.717, 1.165) is 30.4 Å². The Kier molecular flexibility index (Phi) is 3.70. The van der Waals surface area contributed by atoms with Gasteiger partial charge >= 0.3 is 0 Å². The fraction of sp³-hybridized carbons (Fsp3) is 0.364. The van der Waals surface area contributed by atoms with Crippen molar-refractivity contribution in [1.82, 2.24) is 0 Å². The minimum absolute atomic E-state index is 0.00256. The van der Waals surface area contributed by atoms with Crippen molar-refractivity contribution in [3.63, 3.8) is 0 Å². The van der Waals surface area contributed by atoms with E-state index in [0.29, 0.717) is 28.8 Å². The molecule has 0 spiro atoms. The van der Waals surface area contributed by atoms with Crippen LogP contribution in [0.2, 0.25) is 0 Å². The lowest BCUT2D eigenvalue weighted by Gasteiger charge is -2.44. The van der Waals surface area contributed by atoms with E-state index in [1.165, 1.54) is 18.3 Å². The molecule has 2 bridgehead atoms. The highest BCUT2D eigenvalue weighted by Gasteiger charge is 2.55. The fourth-order valence-corrected chi connectivity index (χ4v) is 5.98. The lowest BCUT2D eigenvalue weighted by Crippen LogP contribution is -2.37. The number of nitrogens with two attached hydrogens (primary N) is 1. The van der Waals surface area contributed by atoms with Gasteiger partial charge in [0.05, 0.1) is 17.3 Å². The molecular weight excluding hydrogens is 358 g/mol. The van der Waals surface area contributed by atoms with E-state index in [1.807, 2.05) is 6.07 Å². The van der Waals surface area contributed by atoms with Crippen LogP contribution in [0.5, 0.6) is 0 Å². The van der Waals surface area contributed by atoms with Crippen molar-refractivity contribution in [3.8, 4) is 6.07 Å². The normalized spacial score (nSPS) is 29.5. The molecule has 0 aromatic heterocycles. The van der Waals surface area contributed by atoms with Crippen LogP contribution < -0.4 is 11.1 Å². The third-order valence-electron chi connectivity index (χ3n) is 7.00. The third-order valence-corrected chi connectivity index (χ3v) is 7.00. The van der Waals surface area contributed by atoms with Gasteiger partial charge in [0, 0.05) is 17.5 Å². The van der Waals surface area contributed by atoms with E-state index in [2.05, 4.69) is 5.32 Å². The zero-order valence-corrected chi connectivity index (χ0v) is 15.2. The summed E-state index contributed by atoms with van der Waals surface area (Å²) in [5.41, 5.74) is 8.96. The predicted octanol–water partition coefficient (Wildman–Crippen LogP) is 4.71. The number of hydrogen-bond donors (Lipinski definition) is 3. The quantitative estimate of drug-likeness (QED) is 0.522. The Balaban J connectivity index is 1.71. The summed E-state index contributed by atoms with van der Waals surface area (Å²) in [6, 6.07) is 7.55. The van der Waals surface area contributed by atoms with Gasteiger partial charge in [-0.3, -0.25) is 0 Å². The maximum Gasteiger partial charge on any atom is 0.148 e. The van der Waals surface area contributed by atoms with Crippen molar-refractivity contribution >= 4 is 17.6 Å². The summed E-state index contributed by atoms with van der Waals surface area (Å²) in [5.74, 6) is 0.283. The zero-order chi connectivity index (χ0) is 19.6. The molecule has 28 heavy (non-hydrogen) atoms. The molecule has 2 aromatic rings. The van der Waals surface area contributed by atoms with Crippen LogP contribution in [-0.2, 0) is 0 Å². The summed E-state index contributed by atoms with van der Waals surface area (Å²) >= 11 is 0. The second-order valence-corrected chi connectivity index (χ2v) is 8.20. The van der Waals surface area contributed by atoms with Crippen molar-refractivity contribution in [1.29, 1.82) is 10.7 Å². The third kappa shape index (κ3) is 2.22. The molecule has 2 aliphatic carbocycles. The average molecular weight is 378 g/mol. The summed E-state index contributed by atoms with van der Waals surface area (Å²) in [6.07, 6.45) is 4.52. The topological polar surface area (TPSA) is 85.7 Å². The number of nitrogens with one attached hydrogen (secondary N) is 2. The maximum atomic E-state index is 14.9. The molecule has 142 valence electrons. The van der Waals surface area contributed by atoms with Crippen LogP contribution in [0, 0.1) is 46.1 Å². The Morgan fingerprint density at radius 3 is 2.71 bits per heavy atom. The Hall–Kier alpha value is -2.94. The smallest absolute Gasteiger partial charge is 0.148 e. The molecule has 5 atom stereocenters. The van der Waals surface area contributed by atoms with Gasteiger partial charge < -0.3 is 16.5 Å². The molecule has 0 saturated heterocycles. The van der Waals surface area contributed by atoms with E-state index in [4.69, 9.17) is 11.1 Å². The monoisotopic (exact) mass is 378 g/mol. The molecular formula is C22H20F2N4. The van der Waals surface area contributed by atoms with Crippen LogP contribution in [0.15, 0.2) is 24.3 Å². The van der Waals surface area contributed by atoms with Crippen molar-refractivity contribution in [2.24, 2.45) is 17.8 Å². The summed E-state index contributed by atoms with van der Waals surface area (Å²) in [4.78, 5) is 0. The lowest BCUT2D eigenvalue weighted by molar-refractivity contribution is 0.246. The highest BCUT2D eigenvalue weighted by molar-refractivity contribution is 5.91. The number of fused-ring (bicyclic) bond motifs is 7. The molecule has 6 heteroatoms. The van der Waals surface area contributed by atoms with Gasteiger partial charge in [0.2, 0.25) is 0 Å². The molecule has 4 N–H and O–H groups in total. The molecule has 0 unspecified atom stereocenters. The molecule has 2 saturated carbocycles. The number of halogens is 2. The maximum absolute atomic E-state index is 14.9. The molecule has 2 aromatic carbocycles. The van der Waals surface area contributed by atoms with Crippen LogP contribution >= 0.6 is 0 Å². The van der Waals surface area contributed by atoms with Gasteiger partial charge in [0.1, 0.15) is 17.7 Å². The lowest BCUT2D eigenvalue weighted by atomic mass is 9.67. The highest BCUT2D eigenvalue weighted by atomic mass is 19.1. The van der Waals surface area contributed by atoms with Gasteiger partial charge in [0.15, 0.2) is 0 Å². The minimum Gasteiger partial charge on any atom is -0.398 e. The van der Waals surface area contributed by atoms with Crippen LogP contribution in [0.4, 0.5) is 20.2 Å². The van der Waals surface area contributed by atoms with Gasteiger partial charge in [-0.2, -0.15) is 5.26 Å². The second-order valence-electron chi connectivity index (χ2n) is 8.20. The standard InChI is InChI=1S/C22H20F2N4/c23-15-4-3-12(6-13(15)8-25)21-19-11-2-1-10(5-11)18(19)20-14(9-26)17(27)7-16(24)22(20)28-21/h3-4,6-7,9-11,18-19,21,26,28H,1-2,5,27H2/t10-,11+,18+,19-,21+/m1/s1. The number of nitrogens with zero attached hydrogens (tertiary/aromatic N) is 1. The number of benzene rings is 2. The van der Waals surface area contributed by atoms with E-state index in [-0.39, 0.29) is 23.4 Å². The first kappa shape index (κ1) is 17.2. The van der Waals surface area contributed by atoms with Crippen LogP contribution in [0.25, 0.3) is 0 Å². The Morgan fingerprint density at radius 1 is 1.18 bits per heavy atom. The van der Waals surface area contributed by atoms with Crippen molar-refractivity contribution in [2.45, 2.75) is 31.2 Å². The summed E-state index contributed by atoms with van der Waals surface area (Å²) in [5, 5.41) is 20.4. The minimum atomic E-state index is -0.544. The largest absolute Gasteiger partial charge is 0.398 e. The number of anilines is 2. The number of rotatable bonds is 2. The fourth-order valence-electron chi connectivity index (χ4n) is 5.98. The second kappa shape index (κ2) is 6.03. The van der Waals surface area contributed by atoms with Crippen molar-refractivity contribution < 1.29 is 8.78 Å². The molecule has 5 rings (SSSR count). The molecule has 0 amide bonds. The number of nitrogen functional groups attached to an aromatic ring is 1. The van der Waals surface area contributed by atoms with Gasteiger partial charge in [-0.15, -0.1) is 0 Å². The van der Waals surface area contributed by atoms with E-state index in [1.54, 1.807) is 12.1 Å². The van der Waals surface area contributed by atoms with Crippen LogP contribution in [0.3, 0.4) is 0 Å². The molecule has 0 radical (unpaired) electrons. The van der Waals surface area contributed by atoms with Crippen molar-refractivity contribution in [3.05, 3.63) is 58.2 Å².